The molecule has 0 fully saturated rings. The summed E-state index contributed by atoms with van der Waals surface area (Å²) in [6, 6.07) is 5.29. The largest absolute Gasteiger partial charge is 0.397 e. The highest BCUT2D eigenvalue weighted by atomic mass is 32.2. The van der Waals surface area contributed by atoms with Crippen molar-refractivity contribution < 1.29 is 4.79 Å². The van der Waals surface area contributed by atoms with E-state index in [1.54, 1.807) is 30.9 Å². The van der Waals surface area contributed by atoms with Crippen molar-refractivity contribution in [2.75, 3.05) is 30.9 Å². The number of carbonyl (C=O) groups excluding carboxylic acids is 1. The van der Waals surface area contributed by atoms with E-state index in [-0.39, 0.29) is 5.91 Å². The molecule has 0 spiro atoms. The van der Waals surface area contributed by atoms with Crippen LogP contribution in [0.25, 0.3) is 0 Å². The minimum absolute atomic E-state index is 0.124. The lowest BCUT2D eigenvalue weighted by Gasteiger charge is -2.13. The van der Waals surface area contributed by atoms with Gasteiger partial charge in [0.15, 0.2) is 0 Å². The molecule has 0 heterocycles. The second kappa shape index (κ2) is 6.39. The summed E-state index contributed by atoms with van der Waals surface area (Å²) in [6.45, 7) is 3.00. The zero-order valence-corrected chi connectivity index (χ0v) is 11.2. The molecule has 4 nitrogen and oxygen atoms in total. The third-order valence-corrected chi connectivity index (χ3v) is 3.49. The molecule has 5 heteroatoms. The molecule has 0 saturated heterocycles. The summed E-state index contributed by atoms with van der Waals surface area (Å²) in [5.41, 5.74) is 7.94. The van der Waals surface area contributed by atoms with E-state index in [0.29, 0.717) is 16.5 Å². The highest BCUT2D eigenvalue weighted by molar-refractivity contribution is 7.99. The molecular formula is C12H19N3OS. The van der Waals surface area contributed by atoms with E-state index >= 15 is 0 Å². The van der Waals surface area contributed by atoms with Crippen LogP contribution >= 0.6 is 11.8 Å². The molecule has 94 valence electrons. The summed E-state index contributed by atoms with van der Waals surface area (Å²) in [7, 11) is 1.60. The Morgan fingerprint density at radius 2 is 2.24 bits per heavy atom. The van der Waals surface area contributed by atoms with Crippen molar-refractivity contribution in [3.05, 3.63) is 23.8 Å². The number of carbonyl (C=O) groups is 1. The summed E-state index contributed by atoms with van der Waals surface area (Å²) in [4.78, 5) is 11.4. The van der Waals surface area contributed by atoms with Crippen LogP contribution in [0.15, 0.2) is 18.2 Å². The molecule has 0 aliphatic rings. The Hall–Kier alpha value is -1.36. The van der Waals surface area contributed by atoms with Crippen molar-refractivity contribution >= 4 is 29.0 Å². The van der Waals surface area contributed by atoms with E-state index < -0.39 is 0 Å². The predicted octanol–water partition coefficient (Wildman–Crippen LogP) is 1.79. The normalized spacial score (nSPS) is 11.9. The van der Waals surface area contributed by atoms with E-state index in [0.717, 1.165) is 12.2 Å². The number of nitrogens with one attached hydrogen (secondary N) is 2. The first-order valence-corrected chi connectivity index (χ1v) is 6.75. The lowest BCUT2D eigenvalue weighted by atomic mass is 10.1. The minimum atomic E-state index is -0.124. The van der Waals surface area contributed by atoms with Crippen LogP contribution in [0.4, 0.5) is 11.4 Å². The van der Waals surface area contributed by atoms with Gasteiger partial charge in [-0.2, -0.15) is 11.8 Å². The molecule has 1 aromatic carbocycles. The van der Waals surface area contributed by atoms with Gasteiger partial charge >= 0.3 is 0 Å². The Labute approximate surface area is 106 Å². The first-order chi connectivity index (χ1) is 8.08. The molecule has 1 rings (SSSR count). The SMILES string of the molecule is CNC(=O)c1ccc(NCC(C)SC)c(N)c1. The summed E-state index contributed by atoms with van der Waals surface area (Å²) >= 11 is 1.79. The second-order valence-electron chi connectivity index (χ2n) is 3.81. The van der Waals surface area contributed by atoms with Crippen molar-refractivity contribution in [1.82, 2.24) is 5.32 Å². The topological polar surface area (TPSA) is 67.2 Å². The Morgan fingerprint density at radius 1 is 1.53 bits per heavy atom. The summed E-state index contributed by atoms with van der Waals surface area (Å²) < 4.78 is 0. The minimum Gasteiger partial charge on any atom is -0.397 e. The fourth-order valence-corrected chi connectivity index (χ4v) is 1.60. The van der Waals surface area contributed by atoms with Gasteiger partial charge in [-0.3, -0.25) is 4.79 Å². The van der Waals surface area contributed by atoms with Crippen LogP contribution in [0.5, 0.6) is 0 Å². The summed E-state index contributed by atoms with van der Waals surface area (Å²) in [5.74, 6) is -0.124. The van der Waals surface area contributed by atoms with Gasteiger partial charge in [0.05, 0.1) is 11.4 Å². The number of anilines is 2. The molecule has 17 heavy (non-hydrogen) atoms. The number of thioether (sulfide) groups is 1. The van der Waals surface area contributed by atoms with Gasteiger partial charge in [0.2, 0.25) is 0 Å². The monoisotopic (exact) mass is 253 g/mol. The second-order valence-corrected chi connectivity index (χ2v) is 5.08. The first-order valence-electron chi connectivity index (χ1n) is 5.46. The van der Waals surface area contributed by atoms with Crippen molar-refractivity contribution in [3.63, 3.8) is 0 Å². The van der Waals surface area contributed by atoms with Crippen LogP contribution in [0.2, 0.25) is 0 Å². The van der Waals surface area contributed by atoms with Gasteiger partial charge in [0, 0.05) is 24.4 Å². The zero-order valence-electron chi connectivity index (χ0n) is 10.4. The average molecular weight is 253 g/mol. The molecule has 1 unspecified atom stereocenters. The highest BCUT2D eigenvalue weighted by Crippen LogP contribution is 2.20. The zero-order chi connectivity index (χ0) is 12.8. The number of nitrogens with two attached hydrogens (primary N) is 1. The van der Waals surface area contributed by atoms with Crippen LogP contribution in [-0.4, -0.2) is 31.0 Å². The molecule has 1 amide bonds. The summed E-state index contributed by atoms with van der Waals surface area (Å²) in [6.07, 6.45) is 2.07. The van der Waals surface area contributed by atoms with Crippen LogP contribution in [0.3, 0.4) is 0 Å². The molecular weight excluding hydrogens is 234 g/mol. The molecule has 1 aromatic rings. The fourth-order valence-electron chi connectivity index (χ4n) is 1.35. The maximum atomic E-state index is 11.4. The van der Waals surface area contributed by atoms with E-state index in [1.165, 1.54) is 0 Å². The van der Waals surface area contributed by atoms with Crippen molar-refractivity contribution in [1.29, 1.82) is 0 Å². The Bertz CT molecular complexity index is 395. The molecule has 4 N–H and O–H groups in total. The Balaban J connectivity index is 2.73. The third kappa shape index (κ3) is 3.85. The smallest absolute Gasteiger partial charge is 0.251 e. The molecule has 0 aliphatic heterocycles. The van der Waals surface area contributed by atoms with E-state index in [4.69, 9.17) is 5.73 Å². The standard InChI is InChI=1S/C12H19N3OS/c1-8(17-3)7-15-11-5-4-9(6-10(11)13)12(16)14-2/h4-6,8,15H,7,13H2,1-3H3,(H,14,16). The molecule has 1 atom stereocenters. The number of rotatable bonds is 5. The van der Waals surface area contributed by atoms with Gasteiger partial charge in [0.25, 0.3) is 5.91 Å². The molecule has 0 aliphatic carbocycles. The lowest BCUT2D eigenvalue weighted by molar-refractivity contribution is 0.0963. The van der Waals surface area contributed by atoms with Gasteiger partial charge in [-0.25, -0.2) is 0 Å². The van der Waals surface area contributed by atoms with Gasteiger partial charge in [-0.15, -0.1) is 0 Å². The number of hydrogen-bond acceptors (Lipinski definition) is 4. The molecule has 0 aromatic heterocycles. The number of hydrogen-bond donors (Lipinski definition) is 3. The van der Waals surface area contributed by atoms with E-state index in [9.17, 15) is 4.79 Å². The van der Waals surface area contributed by atoms with Crippen LogP contribution in [0, 0.1) is 0 Å². The van der Waals surface area contributed by atoms with Crippen molar-refractivity contribution in [2.24, 2.45) is 0 Å². The van der Waals surface area contributed by atoms with Gasteiger partial charge in [0.1, 0.15) is 0 Å². The van der Waals surface area contributed by atoms with E-state index in [1.807, 2.05) is 6.07 Å². The maximum absolute atomic E-state index is 11.4. The molecule has 0 saturated carbocycles. The Kier molecular flexibility index (Phi) is 5.15. The van der Waals surface area contributed by atoms with Crippen LogP contribution in [-0.2, 0) is 0 Å². The van der Waals surface area contributed by atoms with Crippen molar-refractivity contribution in [2.45, 2.75) is 12.2 Å². The highest BCUT2D eigenvalue weighted by Gasteiger charge is 2.07. The third-order valence-electron chi connectivity index (χ3n) is 2.52. The Morgan fingerprint density at radius 3 is 2.76 bits per heavy atom. The molecule has 0 radical (unpaired) electrons. The lowest BCUT2D eigenvalue weighted by Crippen LogP contribution is -2.18. The first kappa shape index (κ1) is 13.7. The number of nitrogen functional groups attached to an aromatic ring is 1. The van der Waals surface area contributed by atoms with E-state index in [2.05, 4.69) is 23.8 Å². The maximum Gasteiger partial charge on any atom is 0.251 e. The number of benzene rings is 1. The predicted molar refractivity (Wildman–Crippen MR) is 75.7 cm³/mol. The average Bonchev–Trinajstić information content (AvgIpc) is 2.35. The van der Waals surface area contributed by atoms with Gasteiger partial charge in [-0.1, -0.05) is 6.92 Å². The van der Waals surface area contributed by atoms with Gasteiger partial charge in [-0.05, 0) is 24.5 Å². The fraction of sp³-hybridized carbons (Fsp3) is 0.417. The molecule has 0 bridgehead atoms. The van der Waals surface area contributed by atoms with Crippen LogP contribution < -0.4 is 16.4 Å². The van der Waals surface area contributed by atoms with Gasteiger partial charge < -0.3 is 16.4 Å². The quantitative estimate of drug-likeness (QED) is 0.700. The van der Waals surface area contributed by atoms with Crippen LogP contribution in [0.1, 0.15) is 17.3 Å². The van der Waals surface area contributed by atoms with Crippen molar-refractivity contribution in [3.8, 4) is 0 Å². The summed E-state index contributed by atoms with van der Waals surface area (Å²) in [5, 5.41) is 6.36. The number of amides is 1.